The van der Waals surface area contributed by atoms with Gasteiger partial charge in [-0.3, -0.25) is 4.90 Å². The van der Waals surface area contributed by atoms with Crippen LogP contribution < -0.4 is 4.90 Å². The van der Waals surface area contributed by atoms with Gasteiger partial charge in [0.15, 0.2) is 11.0 Å². The third kappa shape index (κ3) is 2.98. The topological polar surface area (TPSA) is 73.0 Å². The second-order valence-electron chi connectivity index (χ2n) is 4.78. The lowest BCUT2D eigenvalue weighted by Crippen LogP contribution is -2.14. The van der Waals surface area contributed by atoms with Gasteiger partial charge in [0.05, 0.1) is 10.7 Å². The fourth-order valence-electron chi connectivity index (χ4n) is 2.25. The molecule has 0 bridgehead atoms. The number of para-hydroxylation sites is 1. The third-order valence-electron chi connectivity index (χ3n) is 3.29. The summed E-state index contributed by atoms with van der Waals surface area (Å²) < 4.78 is 0. The number of phenolic OH excluding ortho intramolecular Hbond substituents is 1. The second kappa shape index (κ2) is 6.75. The summed E-state index contributed by atoms with van der Waals surface area (Å²) in [4.78, 5) is 9.75. The van der Waals surface area contributed by atoms with Gasteiger partial charge in [-0.2, -0.15) is 5.26 Å². The zero-order valence-corrected chi connectivity index (χ0v) is 13.7. The first-order chi connectivity index (χ1) is 11.6. The minimum Gasteiger partial charge on any atom is -0.508 e. The average molecular weight is 357 g/mol. The summed E-state index contributed by atoms with van der Waals surface area (Å²) >= 11 is 12.3. The van der Waals surface area contributed by atoms with E-state index in [1.807, 2.05) is 36.4 Å². The van der Waals surface area contributed by atoms with E-state index in [4.69, 9.17) is 23.2 Å². The lowest BCUT2D eigenvalue weighted by molar-refractivity contribution is 0.475. The Morgan fingerprint density at radius 2 is 1.79 bits per heavy atom. The van der Waals surface area contributed by atoms with E-state index < -0.39 is 0 Å². The maximum absolute atomic E-state index is 9.60. The molecule has 1 heterocycles. The summed E-state index contributed by atoms with van der Waals surface area (Å²) in [6, 6.07) is 15.9. The largest absolute Gasteiger partial charge is 0.508 e. The molecule has 0 saturated heterocycles. The first-order valence-electron chi connectivity index (χ1n) is 6.86. The summed E-state index contributed by atoms with van der Waals surface area (Å²) in [5, 5.41) is 19.4. The molecule has 0 fully saturated rings. The van der Waals surface area contributed by atoms with Crippen LogP contribution in [-0.4, -0.2) is 15.1 Å². The molecule has 0 saturated carbocycles. The normalized spacial score (nSPS) is 10.2. The molecule has 0 amide bonds. The lowest BCUT2D eigenvalue weighted by atomic mass is 10.2. The highest BCUT2D eigenvalue weighted by molar-refractivity contribution is 6.34. The van der Waals surface area contributed by atoms with Crippen molar-refractivity contribution >= 4 is 40.4 Å². The number of halogens is 2. The van der Waals surface area contributed by atoms with Crippen LogP contribution in [0.4, 0.5) is 17.2 Å². The van der Waals surface area contributed by atoms with Crippen molar-refractivity contribution in [3.8, 4) is 11.8 Å². The predicted octanol–water partition coefficient (Wildman–Crippen LogP) is 4.83. The summed E-state index contributed by atoms with van der Waals surface area (Å²) in [5.74, 6) is 0.342. The molecule has 5 nitrogen and oxygen atoms in total. The van der Waals surface area contributed by atoms with Crippen molar-refractivity contribution in [2.24, 2.45) is 0 Å². The fourth-order valence-corrected chi connectivity index (χ4v) is 2.68. The fraction of sp³-hybridized carbons (Fsp3) is 0. The molecule has 1 aromatic heterocycles. The molecule has 0 aliphatic carbocycles. The van der Waals surface area contributed by atoms with Crippen molar-refractivity contribution in [2.75, 3.05) is 4.90 Å². The van der Waals surface area contributed by atoms with Crippen LogP contribution >= 0.6 is 23.2 Å². The number of rotatable bonds is 3. The molecule has 7 heteroatoms. The molecule has 24 heavy (non-hydrogen) atoms. The first-order valence-corrected chi connectivity index (χ1v) is 7.61. The number of nitrogens with zero attached hydrogens (tertiary/aromatic N) is 4. The number of aromatic hydroxyl groups is 1. The van der Waals surface area contributed by atoms with E-state index in [2.05, 4.69) is 9.97 Å². The van der Waals surface area contributed by atoms with Gasteiger partial charge in [-0.25, -0.2) is 9.97 Å². The maximum atomic E-state index is 9.60. The number of nitriles is 1. The van der Waals surface area contributed by atoms with Crippen LogP contribution in [0.25, 0.3) is 0 Å². The molecule has 0 aliphatic rings. The molecule has 3 rings (SSSR count). The molecule has 0 atom stereocenters. The zero-order valence-electron chi connectivity index (χ0n) is 12.2. The SMILES string of the molecule is N#Cc1c(Cl)ncnc1N(c1ccccc1)c1ccc(O)cc1Cl. The Hall–Kier alpha value is -2.81. The Balaban J connectivity index is 2.29. The summed E-state index contributed by atoms with van der Waals surface area (Å²) in [6.07, 6.45) is 1.28. The van der Waals surface area contributed by atoms with Gasteiger partial charge in [-0.05, 0) is 24.3 Å². The van der Waals surface area contributed by atoms with Crippen LogP contribution in [0, 0.1) is 11.3 Å². The van der Waals surface area contributed by atoms with E-state index in [1.165, 1.54) is 18.5 Å². The first kappa shape index (κ1) is 16.1. The van der Waals surface area contributed by atoms with Crippen molar-refractivity contribution in [1.82, 2.24) is 9.97 Å². The van der Waals surface area contributed by atoms with Gasteiger partial charge < -0.3 is 5.11 Å². The van der Waals surface area contributed by atoms with Gasteiger partial charge in [-0.1, -0.05) is 41.4 Å². The van der Waals surface area contributed by atoms with Gasteiger partial charge in [0.2, 0.25) is 0 Å². The van der Waals surface area contributed by atoms with E-state index in [-0.39, 0.29) is 16.5 Å². The smallest absolute Gasteiger partial charge is 0.160 e. The van der Waals surface area contributed by atoms with Crippen molar-refractivity contribution in [3.63, 3.8) is 0 Å². The summed E-state index contributed by atoms with van der Waals surface area (Å²) in [5.41, 5.74) is 1.41. The van der Waals surface area contributed by atoms with E-state index >= 15 is 0 Å². The van der Waals surface area contributed by atoms with Crippen LogP contribution in [0.1, 0.15) is 5.56 Å². The number of phenols is 1. The van der Waals surface area contributed by atoms with Crippen LogP contribution in [-0.2, 0) is 0 Å². The lowest BCUT2D eigenvalue weighted by Gasteiger charge is -2.25. The molecular weight excluding hydrogens is 347 g/mol. The molecule has 0 spiro atoms. The minimum absolute atomic E-state index is 0.0398. The number of hydrogen-bond donors (Lipinski definition) is 1. The Labute approximate surface area is 148 Å². The molecule has 0 unspecified atom stereocenters. The van der Waals surface area contributed by atoms with E-state index in [9.17, 15) is 10.4 Å². The van der Waals surface area contributed by atoms with Gasteiger partial charge >= 0.3 is 0 Å². The number of benzene rings is 2. The number of hydrogen-bond acceptors (Lipinski definition) is 5. The highest BCUT2D eigenvalue weighted by Crippen LogP contribution is 2.40. The molecule has 0 radical (unpaired) electrons. The zero-order chi connectivity index (χ0) is 17.1. The van der Waals surface area contributed by atoms with Crippen molar-refractivity contribution < 1.29 is 5.11 Å². The van der Waals surface area contributed by atoms with Gasteiger partial charge in [0, 0.05) is 11.8 Å². The summed E-state index contributed by atoms with van der Waals surface area (Å²) in [6.45, 7) is 0. The van der Waals surface area contributed by atoms with Crippen molar-refractivity contribution in [3.05, 3.63) is 70.6 Å². The standard InChI is InChI=1S/C17H10Cl2N4O/c18-14-8-12(24)6-7-15(14)23(11-4-2-1-3-5-11)17-13(9-20)16(19)21-10-22-17/h1-8,10,24H. The van der Waals surface area contributed by atoms with Gasteiger partial charge in [0.25, 0.3) is 0 Å². The highest BCUT2D eigenvalue weighted by Gasteiger charge is 2.22. The number of anilines is 3. The molecule has 2 aromatic carbocycles. The molecule has 3 aromatic rings. The van der Waals surface area contributed by atoms with Crippen LogP contribution in [0.15, 0.2) is 54.9 Å². The second-order valence-corrected chi connectivity index (χ2v) is 5.55. The Morgan fingerprint density at radius 3 is 2.46 bits per heavy atom. The predicted molar refractivity (Wildman–Crippen MR) is 93.1 cm³/mol. The Morgan fingerprint density at radius 1 is 1.04 bits per heavy atom. The van der Waals surface area contributed by atoms with E-state index in [1.54, 1.807) is 11.0 Å². The van der Waals surface area contributed by atoms with Crippen LogP contribution in [0.2, 0.25) is 10.2 Å². The van der Waals surface area contributed by atoms with Crippen molar-refractivity contribution in [1.29, 1.82) is 5.26 Å². The minimum atomic E-state index is 0.0398. The van der Waals surface area contributed by atoms with Gasteiger partial charge in [0.1, 0.15) is 23.7 Å². The third-order valence-corrected chi connectivity index (χ3v) is 3.88. The van der Waals surface area contributed by atoms with Gasteiger partial charge in [-0.15, -0.1) is 0 Å². The molecule has 0 aliphatic heterocycles. The Kier molecular flexibility index (Phi) is 4.52. The monoisotopic (exact) mass is 356 g/mol. The van der Waals surface area contributed by atoms with E-state index in [0.29, 0.717) is 16.5 Å². The molecule has 118 valence electrons. The molecular formula is C17H10Cl2N4O. The van der Waals surface area contributed by atoms with Crippen molar-refractivity contribution in [2.45, 2.75) is 0 Å². The highest BCUT2D eigenvalue weighted by atomic mass is 35.5. The average Bonchev–Trinajstić information content (AvgIpc) is 2.58. The number of aromatic nitrogens is 2. The van der Waals surface area contributed by atoms with E-state index in [0.717, 1.165) is 5.69 Å². The Bertz CT molecular complexity index is 926. The molecule has 1 N–H and O–H groups in total. The van der Waals surface area contributed by atoms with Crippen LogP contribution in [0.5, 0.6) is 5.75 Å². The summed E-state index contributed by atoms with van der Waals surface area (Å²) in [7, 11) is 0. The maximum Gasteiger partial charge on any atom is 0.160 e. The van der Waals surface area contributed by atoms with Crippen LogP contribution in [0.3, 0.4) is 0 Å². The quantitative estimate of drug-likeness (QED) is 0.680.